The topological polar surface area (TPSA) is 78.5 Å². The number of imide groups is 1. The molecule has 1 saturated carbocycles. The molecule has 1 aromatic rings. The van der Waals surface area contributed by atoms with Crippen LogP contribution in [0.3, 0.4) is 0 Å². The van der Waals surface area contributed by atoms with Crippen molar-refractivity contribution in [1.29, 1.82) is 0 Å². The van der Waals surface area contributed by atoms with E-state index in [-0.39, 0.29) is 31.0 Å². The highest BCUT2D eigenvalue weighted by molar-refractivity contribution is 6.07. The minimum absolute atomic E-state index is 0.0139. The Kier molecular flexibility index (Phi) is 4.69. The van der Waals surface area contributed by atoms with Gasteiger partial charge >= 0.3 is 6.03 Å². The van der Waals surface area contributed by atoms with Crippen molar-refractivity contribution in [2.45, 2.75) is 44.1 Å². The summed E-state index contributed by atoms with van der Waals surface area (Å²) in [6, 6.07) is 2.36. The van der Waals surface area contributed by atoms with E-state index in [1.54, 1.807) is 0 Å². The molecule has 1 aromatic carbocycles. The number of hydrogen-bond acceptors (Lipinski definition) is 3. The van der Waals surface area contributed by atoms with Crippen LogP contribution >= 0.6 is 0 Å². The van der Waals surface area contributed by atoms with Crippen LogP contribution in [0.25, 0.3) is 0 Å². The predicted molar refractivity (Wildman–Crippen MR) is 85.7 cm³/mol. The van der Waals surface area contributed by atoms with Gasteiger partial charge in [-0.1, -0.05) is 12.8 Å². The van der Waals surface area contributed by atoms with Gasteiger partial charge in [-0.15, -0.1) is 0 Å². The Morgan fingerprint density at radius 1 is 1.24 bits per heavy atom. The first-order chi connectivity index (χ1) is 11.9. The summed E-state index contributed by atoms with van der Waals surface area (Å²) in [4.78, 5) is 37.4. The van der Waals surface area contributed by atoms with E-state index in [9.17, 15) is 23.2 Å². The summed E-state index contributed by atoms with van der Waals surface area (Å²) in [6.07, 6.45) is 3.34. The Bertz CT molecular complexity index is 717. The second kappa shape index (κ2) is 6.78. The molecule has 0 aromatic heterocycles. The molecular formula is C17H19F2N3O3. The van der Waals surface area contributed by atoms with Crippen LogP contribution < -0.4 is 10.6 Å². The van der Waals surface area contributed by atoms with Crippen molar-refractivity contribution < 1.29 is 23.2 Å². The third-order valence-electron chi connectivity index (χ3n) is 4.69. The Hall–Kier alpha value is -2.51. The molecule has 6 nitrogen and oxygen atoms in total. The summed E-state index contributed by atoms with van der Waals surface area (Å²) in [6.45, 7) is 0.117. The number of benzene rings is 1. The first-order valence-corrected chi connectivity index (χ1v) is 8.30. The van der Waals surface area contributed by atoms with Crippen molar-refractivity contribution in [3.05, 3.63) is 29.8 Å². The highest BCUT2D eigenvalue weighted by atomic mass is 19.1. The van der Waals surface area contributed by atoms with E-state index in [0.717, 1.165) is 35.9 Å². The number of nitrogens with zero attached hydrogens (tertiary/aromatic N) is 1. The van der Waals surface area contributed by atoms with Gasteiger partial charge in [0.1, 0.15) is 17.2 Å². The van der Waals surface area contributed by atoms with E-state index in [2.05, 4.69) is 10.6 Å². The Morgan fingerprint density at radius 3 is 2.68 bits per heavy atom. The van der Waals surface area contributed by atoms with Crippen LogP contribution in [0.5, 0.6) is 0 Å². The van der Waals surface area contributed by atoms with Crippen molar-refractivity contribution in [2.24, 2.45) is 0 Å². The Labute approximate surface area is 143 Å². The largest absolute Gasteiger partial charge is 0.325 e. The Balaban J connectivity index is 1.51. The number of carbonyl (C=O) groups is 3. The maximum Gasteiger partial charge on any atom is 0.325 e. The van der Waals surface area contributed by atoms with E-state index in [4.69, 9.17) is 0 Å². The number of hydrogen-bond donors (Lipinski definition) is 2. The van der Waals surface area contributed by atoms with Crippen molar-refractivity contribution in [3.8, 4) is 0 Å². The molecule has 2 aliphatic rings. The first-order valence-electron chi connectivity index (χ1n) is 8.30. The molecule has 0 radical (unpaired) electrons. The number of urea groups is 1. The first kappa shape index (κ1) is 17.3. The molecule has 8 heteroatoms. The zero-order chi connectivity index (χ0) is 18.0. The molecule has 1 spiro atoms. The van der Waals surface area contributed by atoms with Gasteiger partial charge in [0.25, 0.3) is 5.91 Å². The van der Waals surface area contributed by atoms with Gasteiger partial charge in [0, 0.05) is 19.0 Å². The molecule has 0 unspecified atom stereocenters. The summed E-state index contributed by atoms with van der Waals surface area (Å²) in [5.74, 6) is -2.12. The van der Waals surface area contributed by atoms with E-state index in [0.29, 0.717) is 12.8 Å². The normalized spacial score (nSPS) is 18.7. The van der Waals surface area contributed by atoms with E-state index < -0.39 is 29.1 Å². The predicted octanol–water partition coefficient (Wildman–Crippen LogP) is 2.55. The van der Waals surface area contributed by atoms with E-state index in [1.807, 2.05) is 0 Å². The minimum atomic E-state index is -0.760. The van der Waals surface area contributed by atoms with Gasteiger partial charge in [-0.05, 0) is 31.4 Å². The van der Waals surface area contributed by atoms with E-state index in [1.165, 1.54) is 0 Å². The molecule has 3 rings (SSSR count). The number of nitrogens with one attached hydrogen (secondary N) is 2. The monoisotopic (exact) mass is 351 g/mol. The van der Waals surface area contributed by atoms with Gasteiger partial charge in [0.15, 0.2) is 0 Å². The molecule has 0 bridgehead atoms. The Morgan fingerprint density at radius 2 is 1.96 bits per heavy atom. The van der Waals surface area contributed by atoms with Gasteiger partial charge < -0.3 is 10.6 Å². The third-order valence-corrected chi connectivity index (χ3v) is 4.69. The van der Waals surface area contributed by atoms with Crippen molar-refractivity contribution >= 4 is 23.5 Å². The minimum Gasteiger partial charge on any atom is -0.324 e. The zero-order valence-corrected chi connectivity index (χ0v) is 13.6. The van der Waals surface area contributed by atoms with Crippen LogP contribution in [0.4, 0.5) is 19.3 Å². The van der Waals surface area contributed by atoms with Crippen molar-refractivity contribution in [3.63, 3.8) is 0 Å². The molecule has 0 atom stereocenters. The third kappa shape index (κ3) is 3.47. The summed E-state index contributed by atoms with van der Waals surface area (Å²) in [5, 5.41) is 5.06. The number of carbonyl (C=O) groups excluding carboxylic acids is 3. The van der Waals surface area contributed by atoms with Crippen LogP contribution in [-0.2, 0) is 9.59 Å². The van der Waals surface area contributed by atoms with Gasteiger partial charge in [0.05, 0.1) is 5.69 Å². The fraction of sp³-hybridized carbons (Fsp3) is 0.471. The van der Waals surface area contributed by atoms with E-state index >= 15 is 0 Å². The molecule has 25 heavy (non-hydrogen) atoms. The molecule has 2 fully saturated rings. The smallest absolute Gasteiger partial charge is 0.324 e. The fourth-order valence-corrected chi connectivity index (χ4v) is 3.40. The molecule has 4 amide bonds. The summed E-state index contributed by atoms with van der Waals surface area (Å²) in [7, 11) is 0. The average Bonchev–Trinajstić information content (AvgIpc) is 3.12. The highest BCUT2D eigenvalue weighted by Crippen LogP contribution is 2.35. The molecule has 1 saturated heterocycles. The zero-order valence-electron chi connectivity index (χ0n) is 13.6. The molecule has 2 N–H and O–H groups in total. The molecular weight excluding hydrogens is 332 g/mol. The highest BCUT2D eigenvalue weighted by Gasteiger charge is 2.51. The summed E-state index contributed by atoms with van der Waals surface area (Å²) in [5.41, 5.74) is -0.991. The second-order valence-electron chi connectivity index (χ2n) is 6.45. The van der Waals surface area contributed by atoms with Crippen LogP contribution in [0.2, 0.25) is 0 Å². The lowest BCUT2D eigenvalue weighted by molar-refractivity contribution is -0.131. The molecule has 1 aliphatic heterocycles. The second-order valence-corrected chi connectivity index (χ2v) is 6.45. The van der Waals surface area contributed by atoms with Gasteiger partial charge in [-0.3, -0.25) is 14.5 Å². The number of halogens is 2. The van der Waals surface area contributed by atoms with Gasteiger partial charge in [-0.25, -0.2) is 13.6 Å². The van der Waals surface area contributed by atoms with Crippen molar-refractivity contribution in [2.75, 3.05) is 11.9 Å². The average molecular weight is 351 g/mol. The molecule has 134 valence electrons. The lowest BCUT2D eigenvalue weighted by atomic mass is 9.98. The SMILES string of the molecule is O=C(CCCN1C(=O)NC2(CCCC2)C1=O)Nc1cc(F)ccc1F. The van der Waals surface area contributed by atoms with Gasteiger partial charge in [0.2, 0.25) is 5.91 Å². The maximum absolute atomic E-state index is 13.5. The maximum atomic E-state index is 13.5. The van der Waals surface area contributed by atoms with Crippen LogP contribution in [0, 0.1) is 11.6 Å². The lowest BCUT2D eigenvalue weighted by Crippen LogP contribution is -2.44. The van der Waals surface area contributed by atoms with Crippen LogP contribution in [0.15, 0.2) is 18.2 Å². The van der Waals surface area contributed by atoms with Crippen LogP contribution in [-0.4, -0.2) is 34.8 Å². The fourth-order valence-electron chi connectivity index (χ4n) is 3.40. The number of amides is 4. The number of rotatable bonds is 5. The lowest BCUT2D eigenvalue weighted by Gasteiger charge is -2.19. The van der Waals surface area contributed by atoms with Crippen LogP contribution in [0.1, 0.15) is 38.5 Å². The standard InChI is InChI=1S/C17H19F2N3O3/c18-11-5-6-12(19)13(10-11)20-14(23)4-3-9-22-15(24)17(21-16(22)25)7-1-2-8-17/h5-6,10H,1-4,7-9H2,(H,20,23)(H,21,25). The summed E-state index contributed by atoms with van der Waals surface area (Å²) >= 11 is 0. The van der Waals surface area contributed by atoms with Crippen molar-refractivity contribution in [1.82, 2.24) is 10.2 Å². The summed E-state index contributed by atoms with van der Waals surface area (Å²) < 4.78 is 26.6. The van der Waals surface area contributed by atoms with Gasteiger partial charge in [-0.2, -0.15) is 0 Å². The molecule has 1 aliphatic carbocycles. The molecule has 1 heterocycles. The quantitative estimate of drug-likeness (QED) is 0.800. The number of anilines is 1.